The Bertz CT molecular complexity index is 288. The molecule has 4 aliphatic rings. The predicted octanol–water partition coefficient (Wildman–Crippen LogP) is 0.708. The van der Waals surface area contributed by atoms with Gasteiger partial charge in [0.25, 0.3) is 0 Å². The summed E-state index contributed by atoms with van der Waals surface area (Å²) in [6.07, 6.45) is 4.07. The molecule has 0 aromatic carbocycles. The lowest BCUT2D eigenvalue weighted by atomic mass is 9.33. The van der Waals surface area contributed by atoms with E-state index in [0.717, 1.165) is 45.4 Å². The lowest BCUT2D eigenvalue weighted by Crippen LogP contribution is -2.72. The SMILES string of the molecule is COC(=O)C12CC(C3COCCCN3)(C1)C2. The van der Waals surface area contributed by atoms with Crippen LogP contribution in [0.4, 0.5) is 0 Å². The largest absolute Gasteiger partial charge is 0.469 e. The third-order valence-electron chi connectivity index (χ3n) is 4.57. The molecule has 3 aliphatic carbocycles. The van der Waals surface area contributed by atoms with E-state index in [9.17, 15) is 4.79 Å². The van der Waals surface area contributed by atoms with Crippen molar-refractivity contribution in [3.05, 3.63) is 0 Å². The second kappa shape index (κ2) is 3.44. The van der Waals surface area contributed by atoms with E-state index in [-0.39, 0.29) is 11.4 Å². The normalized spacial score (nSPS) is 46.2. The molecule has 0 amide bonds. The Labute approximate surface area is 95.7 Å². The molecule has 0 aromatic heterocycles. The van der Waals surface area contributed by atoms with Crippen LogP contribution in [-0.2, 0) is 14.3 Å². The van der Waals surface area contributed by atoms with E-state index in [1.165, 1.54) is 7.11 Å². The van der Waals surface area contributed by atoms with Crippen molar-refractivity contribution >= 4 is 5.97 Å². The third kappa shape index (κ3) is 1.26. The van der Waals surface area contributed by atoms with E-state index in [1.54, 1.807) is 0 Å². The average molecular weight is 225 g/mol. The predicted molar refractivity (Wildman–Crippen MR) is 58.0 cm³/mol. The van der Waals surface area contributed by atoms with Gasteiger partial charge in [-0.15, -0.1) is 0 Å². The van der Waals surface area contributed by atoms with Crippen molar-refractivity contribution in [3.8, 4) is 0 Å². The van der Waals surface area contributed by atoms with Crippen molar-refractivity contribution in [1.29, 1.82) is 0 Å². The minimum absolute atomic E-state index is 0.0103. The van der Waals surface area contributed by atoms with Crippen LogP contribution in [0.2, 0.25) is 0 Å². The lowest BCUT2D eigenvalue weighted by molar-refractivity contribution is -0.238. The van der Waals surface area contributed by atoms with Crippen LogP contribution >= 0.6 is 0 Å². The molecule has 16 heavy (non-hydrogen) atoms. The summed E-state index contributed by atoms with van der Waals surface area (Å²) in [5.41, 5.74) is 0.210. The van der Waals surface area contributed by atoms with Gasteiger partial charge < -0.3 is 14.8 Å². The number of carbonyl (C=O) groups excluding carboxylic acids is 1. The van der Waals surface area contributed by atoms with Crippen molar-refractivity contribution in [1.82, 2.24) is 5.32 Å². The van der Waals surface area contributed by atoms with Gasteiger partial charge in [0.1, 0.15) is 0 Å². The van der Waals surface area contributed by atoms with E-state index < -0.39 is 0 Å². The van der Waals surface area contributed by atoms with Crippen molar-refractivity contribution in [2.45, 2.75) is 31.7 Å². The van der Waals surface area contributed by atoms with Crippen LogP contribution in [0.1, 0.15) is 25.7 Å². The summed E-state index contributed by atoms with van der Waals surface area (Å²) in [6.45, 7) is 2.70. The maximum atomic E-state index is 11.6. The summed E-state index contributed by atoms with van der Waals surface area (Å²) in [5, 5.41) is 3.56. The number of nitrogens with one attached hydrogen (secondary N) is 1. The second-order valence-corrected chi connectivity index (χ2v) is 5.60. The summed E-state index contributed by atoms with van der Waals surface area (Å²) in [5.74, 6) is -0.0103. The smallest absolute Gasteiger partial charge is 0.311 e. The highest BCUT2D eigenvalue weighted by atomic mass is 16.5. The van der Waals surface area contributed by atoms with Gasteiger partial charge in [-0.3, -0.25) is 4.79 Å². The first-order valence-electron chi connectivity index (χ1n) is 6.10. The Hall–Kier alpha value is -0.610. The van der Waals surface area contributed by atoms with Crippen LogP contribution in [-0.4, -0.2) is 38.9 Å². The van der Waals surface area contributed by atoms with Gasteiger partial charge in [-0.05, 0) is 37.6 Å². The Morgan fingerprint density at radius 2 is 2.19 bits per heavy atom. The van der Waals surface area contributed by atoms with Crippen LogP contribution in [0.3, 0.4) is 0 Å². The standard InChI is InChI=1S/C12H19NO3/c1-15-10(14)12-6-11(7-12,8-12)9-5-16-4-2-3-13-9/h9,13H,2-8H2,1H3. The number of ether oxygens (including phenoxy) is 2. The summed E-state index contributed by atoms with van der Waals surface area (Å²) in [6, 6.07) is 0.446. The van der Waals surface area contributed by atoms with Gasteiger partial charge in [-0.2, -0.15) is 0 Å². The van der Waals surface area contributed by atoms with Gasteiger partial charge in [-0.1, -0.05) is 0 Å². The first kappa shape index (κ1) is 10.5. The Morgan fingerprint density at radius 3 is 2.88 bits per heavy atom. The molecule has 1 saturated heterocycles. The number of hydrogen-bond acceptors (Lipinski definition) is 4. The molecule has 4 heteroatoms. The first-order chi connectivity index (χ1) is 7.71. The highest BCUT2D eigenvalue weighted by molar-refractivity contribution is 5.81. The summed E-state index contributed by atoms with van der Waals surface area (Å²) in [4.78, 5) is 11.6. The molecule has 1 unspecified atom stereocenters. The number of esters is 1. The Kier molecular flexibility index (Phi) is 2.27. The van der Waals surface area contributed by atoms with E-state index in [2.05, 4.69) is 5.32 Å². The molecule has 90 valence electrons. The van der Waals surface area contributed by atoms with Crippen molar-refractivity contribution in [2.24, 2.45) is 10.8 Å². The van der Waals surface area contributed by atoms with Crippen LogP contribution < -0.4 is 5.32 Å². The molecule has 0 spiro atoms. The molecule has 1 N–H and O–H groups in total. The molecule has 1 atom stereocenters. The Morgan fingerprint density at radius 1 is 1.44 bits per heavy atom. The van der Waals surface area contributed by atoms with Gasteiger partial charge in [0, 0.05) is 12.6 Å². The summed E-state index contributed by atoms with van der Waals surface area (Å²) < 4.78 is 10.5. The number of rotatable bonds is 2. The van der Waals surface area contributed by atoms with Gasteiger partial charge in [0.2, 0.25) is 0 Å². The van der Waals surface area contributed by atoms with Gasteiger partial charge >= 0.3 is 5.97 Å². The quantitative estimate of drug-likeness (QED) is 0.703. The highest BCUT2D eigenvalue weighted by Gasteiger charge is 2.74. The number of hydrogen-bond donors (Lipinski definition) is 1. The van der Waals surface area contributed by atoms with Crippen molar-refractivity contribution in [3.63, 3.8) is 0 Å². The first-order valence-corrected chi connectivity index (χ1v) is 6.10. The van der Waals surface area contributed by atoms with E-state index in [1.807, 2.05) is 0 Å². The maximum Gasteiger partial charge on any atom is 0.311 e. The summed E-state index contributed by atoms with van der Waals surface area (Å²) in [7, 11) is 1.49. The topological polar surface area (TPSA) is 47.6 Å². The van der Waals surface area contributed by atoms with Crippen LogP contribution in [0.15, 0.2) is 0 Å². The zero-order valence-corrected chi connectivity index (χ0v) is 9.75. The van der Waals surface area contributed by atoms with Crippen LogP contribution in [0.25, 0.3) is 0 Å². The molecular formula is C12H19NO3. The molecule has 3 saturated carbocycles. The molecule has 1 aliphatic heterocycles. The molecule has 4 rings (SSSR count). The van der Waals surface area contributed by atoms with Crippen molar-refractivity contribution < 1.29 is 14.3 Å². The lowest BCUT2D eigenvalue weighted by Gasteiger charge is -2.71. The van der Waals surface area contributed by atoms with Crippen molar-refractivity contribution in [2.75, 3.05) is 26.9 Å². The monoisotopic (exact) mass is 225 g/mol. The molecule has 4 fully saturated rings. The molecule has 1 heterocycles. The molecule has 2 bridgehead atoms. The fourth-order valence-electron chi connectivity index (χ4n) is 3.77. The molecule has 0 aromatic rings. The fourth-order valence-corrected chi connectivity index (χ4v) is 3.77. The van der Waals surface area contributed by atoms with E-state index in [0.29, 0.717) is 11.5 Å². The maximum absolute atomic E-state index is 11.6. The minimum atomic E-state index is -0.122. The zero-order chi connectivity index (χ0) is 11.2. The van der Waals surface area contributed by atoms with E-state index in [4.69, 9.17) is 9.47 Å². The number of methoxy groups -OCH3 is 1. The van der Waals surface area contributed by atoms with Crippen LogP contribution in [0.5, 0.6) is 0 Å². The number of carbonyl (C=O) groups is 1. The van der Waals surface area contributed by atoms with Crippen LogP contribution in [0, 0.1) is 10.8 Å². The van der Waals surface area contributed by atoms with E-state index >= 15 is 0 Å². The third-order valence-corrected chi connectivity index (χ3v) is 4.57. The average Bonchev–Trinajstić information content (AvgIpc) is 2.42. The fraction of sp³-hybridized carbons (Fsp3) is 0.917. The van der Waals surface area contributed by atoms with Gasteiger partial charge in [0.15, 0.2) is 0 Å². The van der Waals surface area contributed by atoms with Gasteiger partial charge in [-0.25, -0.2) is 0 Å². The molecular weight excluding hydrogens is 206 g/mol. The Balaban J connectivity index is 1.62. The molecule has 4 nitrogen and oxygen atoms in total. The zero-order valence-electron chi connectivity index (χ0n) is 9.75. The highest BCUT2D eigenvalue weighted by Crippen LogP contribution is 2.75. The second-order valence-electron chi connectivity index (χ2n) is 5.60. The summed E-state index contributed by atoms with van der Waals surface area (Å²) >= 11 is 0. The molecule has 0 radical (unpaired) electrons. The minimum Gasteiger partial charge on any atom is -0.469 e. The van der Waals surface area contributed by atoms with Gasteiger partial charge in [0.05, 0.1) is 19.1 Å².